The Morgan fingerprint density at radius 2 is 2.17 bits per heavy atom. The van der Waals surface area contributed by atoms with E-state index in [-0.39, 0.29) is 5.97 Å². The molecule has 0 aliphatic carbocycles. The Labute approximate surface area is 74.3 Å². The zero-order chi connectivity index (χ0) is 9.23. The van der Waals surface area contributed by atoms with Gasteiger partial charge in [0.25, 0.3) is 0 Å². The van der Waals surface area contributed by atoms with Crippen LogP contribution in [0.2, 0.25) is 0 Å². The summed E-state index contributed by atoms with van der Waals surface area (Å²) >= 11 is 0. The molecule has 0 aliphatic rings. The molecule has 0 aromatic carbocycles. The molecule has 67 valence electrons. The van der Waals surface area contributed by atoms with Gasteiger partial charge in [-0.15, -0.1) is 11.8 Å². The van der Waals surface area contributed by atoms with E-state index in [0.29, 0.717) is 12.8 Å². The first kappa shape index (κ1) is 11.0. The molecule has 0 aromatic rings. The predicted molar refractivity (Wildman–Crippen MR) is 48.2 cm³/mol. The summed E-state index contributed by atoms with van der Waals surface area (Å²) in [5, 5.41) is 0. The van der Waals surface area contributed by atoms with Crippen LogP contribution in [0.4, 0.5) is 0 Å². The monoisotopic (exact) mass is 167 g/mol. The Hall–Kier alpha value is -0.970. The number of unbranched alkanes of at least 4 members (excludes halogenated alkanes) is 2. The summed E-state index contributed by atoms with van der Waals surface area (Å²) < 4.78 is 4.49. The van der Waals surface area contributed by atoms with Gasteiger partial charge in [0.15, 0.2) is 0 Å². The normalized spacial score (nSPS) is 8.50. The van der Waals surface area contributed by atoms with Crippen molar-refractivity contribution in [2.24, 2.45) is 0 Å². The largest absolute Gasteiger partial charge is 0.469 e. The van der Waals surface area contributed by atoms with Gasteiger partial charge in [-0.25, -0.2) is 0 Å². The number of ether oxygens (including phenoxy) is 1. The van der Waals surface area contributed by atoms with Crippen LogP contribution in [0, 0.1) is 18.8 Å². The molecule has 0 fully saturated rings. The lowest BCUT2D eigenvalue weighted by Gasteiger charge is -1.95. The number of hydrogen-bond donors (Lipinski definition) is 0. The molecule has 0 aromatic heterocycles. The van der Waals surface area contributed by atoms with Crippen LogP contribution in [0.1, 0.15) is 32.1 Å². The molecule has 0 rings (SSSR count). The van der Waals surface area contributed by atoms with Crippen molar-refractivity contribution in [1.82, 2.24) is 0 Å². The number of rotatable bonds is 4. The molecule has 0 aliphatic heterocycles. The van der Waals surface area contributed by atoms with Gasteiger partial charge < -0.3 is 4.74 Å². The Balaban J connectivity index is 3.16. The van der Waals surface area contributed by atoms with Gasteiger partial charge in [-0.2, -0.15) is 0 Å². The topological polar surface area (TPSA) is 26.3 Å². The summed E-state index contributed by atoms with van der Waals surface area (Å²) in [6, 6.07) is 0. The summed E-state index contributed by atoms with van der Waals surface area (Å²) in [4.78, 5) is 10.6. The molecule has 0 heterocycles. The van der Waals surface area contributed by atoms with Crippen molar-refractivity contribution in [3.8, 4) is 11.8 Å². The highest BCUT2D eigenvalue weighted by atomic mass is 16.5. The van der Waals surface area contributed by atoms with Crippen molar-refractivity contribution in [1.29, 1.82) is 0 Å². The Morgan fingerprint density at radius 3 is 2.75 bits per heavy atom. The zero-order valence-electron chi connectivity index (χ0n) is 7.56. The molecular formula is C10H15O2. The lowest BCUT2D eigenvalue weighted by atomic mass is 10.2. The third-order valence-corrected chi connectivity index (χ3v) is 1.41. The van der Waals surface area contributed by atoms with E-state index in [4.69, 9.17) is 0 Å². The first-order valence-electron chi connectivity index (χ1n) is 4.13. The molecule has 0 unspecified atom stereocenters. The third kappa shape index (κ3) is 7.14. The van der Waals surface area contributed by atoms with Gasteiger partial charge in [-0.3, -0.25) is 4.79 Å². The highest BCUT2D eigenvalue weighted by Gasteiger charge is 1.97. The van der Waals surface area contributed by atoms with Crippen LogP contribution in [0.5, 0.6) is 0 Å². The van der Waals surface area contributed by atoms with E-state index in [2.05, 4.69) is 23.5 Å². The van der Waals surface area contributed by atoms with Crippen LogP contribution in [-0.2, 0) is 9.53 Å². The van der Waals surface area contributed by atoms with Crippen LogP contribution in [0.15, 0.2) is 0 Å². The lowest BCUT2D eigenvalue weighted by molar-refractivity contribution is -0.140. The first-order chi connectivity index (χ1) is 5.81. The number of carbonyl (C=O) groups excluding carboxylic acids is 1. The van der Waals surface area contributed by atoms with Crippen LogP contribution in [0.3, 0.4) is 0 Å². The number of methoxy groups -OCH3 is 1. The van der Waals surface area contributed by atoms with Crippen molar-refractivity contribution in [3.63, 3.8) is 0 Å². The second kappa shape index (κ2) is 8.13. The Bertz CT molecular complexity index is 174. The Morgan fingerprint density at radius 1 is 1.42 bits per heavy atom. The summed E-state index contributed by atoms with van der Waals surface area (Å²) in [7, 11) is 1.41. The van der Waals surface area contributed by atoms with Gasteiger partial charge in [0.05, 0.1) is 7.11 Å². The minimum absolute atomic E-state index is 0.139. The fourth-order valence-electron chi connectivity index (χ4n) is 0.762. The molecule has 0 amide bonds. The quantitative estimate of drug-likeness (QED) is 0.363. The molecule has 0 saturated heterocycles. The smallest absolute Gasteiger partial charge is 0.305 e. The van der Waals surface area contributed by atoms with E-state index in [1.54, 1.807) is 0 Å². The van der Waals surface area contributed by atoms with E-state index in [0.717, 1.165) is 19.3 Å². The van der Waals surface area contributed by atoms with Crippen LogP contribution in [-0.4, -0.2) is 13.1 Å². The average molecular weight is 167 g/mol. The number of carbonyl (C=O) groups is 1. The molecule has 2 nitrogen and oxygen atoms in total. The highest BCUT2D eigenvalue weighted by molar-refractivity contribution is 5.68. The molecule has 1 radical (unpaired) electrons. The standard InChI is InChI=1S/C10H15O2/c1-3-4-5-6-7-8-9-10(11)12-2/h1,3,6-9H2,2H3. The van der Waals surface area contributed by atoms with Crippen LogP contribution < -0.4 is 0 Å². The average Bonchev–Trinajstić information content (AvgIpc) is 2.10. The lowest BCUT2D eigenvalue weighted by Crippen LogP contribution is -1.98. The summed E-state index contributed by atoms with van der Waals surface area (Å²) in [6.07, 6.45) is 3.84. The molecule has 0 N–H and O–H groups in total. The van der Waals surface area contributed by atoms with E-state index in [1.165, 1.54) is 7.11 Å². The van der Waals surface area contributed by atoms with E-state index < -0.39 is 0 Å². The minimum atomic E-state index is -0.139. The van der Waals surface area contributed by atoms with Crippen molar-refractivity contribution < 1.29 is 9.53 Å². The number of hydrogen-bond acceptors (Lipinski definition) is 2. The summed E-state index contributed by atoms with van der Waals surface area (Å²) in [6.45, 7) is 3.60. The highest BCUT2D eigenvalue weighted by Crippen LogP contribution is 1.99. The van der Waals surface area contributed by atoms with Crippen molar-refractivity contribution >= 4 is 5.97 Å². The first-order valence-corrected chi connectivity index (χ1v) is 4.13. The fraction of sp³-hybridized carbons (Fsp3) is 0.600. The van der Waals surface area contributed by atoms with Gasteiger partial charge >= 0.3 is 5.97 Å². The maximum absolute atomic E-state index is 10.6. The molecular weight excluding hydrogens is 152 g/mol. The van der Waals surface area contributed by atoms with Crippen LogP contribution >= 0.6 is 0 Å². The maximum Gasteiger partial charge on any atom is 0.305 e. The Kier molecular flexibility index (Phi) is 7.47. The van der Waals surface area contributed by atoms with Crippen LogP contribution in [0.25, 0.3) is 0 Å². The van der Waals surface area contributed by atoms with E-state index >= 15 is 0 Å². The molecule has 0 spiro atoms. The van der Waals surface area contributed by atoms with Gasteiger partial charge in [-0.1, -0.05) is 0 Å². The second-order valence-corrected chi connectivity index (χ2v) is 2.39. The van der Waals surface area contributed by atoms with E-state index in [1.807, 2.05) is 0 Å². The van der Waals surface area contributed by atoms with Crippen molar-refractivity contribution in [2.45, 2.75) is 32.1 Å². The summed E-state index contributed by atoms with van der Waals surface area (Å²) in [5.41, 5.74) is 0. The minimum Gasteiger partial charge on any atom is -0.469 e. The van der Waals surface area contributed by atoms with Gasteiger partial charge in [-0.05, 0) is 19.8 Å². The second-order valence-electron chi connectivity index (χ2n) is 2.39. The SMILES string of the molecule is [CH2]CC#CCCCCC(=O)OC. The van der Waals surface area contributed by atoms with Crippen molar-refractivity contribution in [2.75, 3.05) is 7.11 Å². The predicted octanol–water partition coefficient (Wildman–Crippen LogP) is 1.95. The molecule has 0 saturated carbocycles. The fourth-order valence-corrected chi connectivity index (χ4v) is 0.762. The van der Waals surface area contributed by atoms with Gasteiger partial charge in [0, 0.05) is 19.3 Å². The maximum atomic E-state index is 10.6. The third-order valence-electron chi connectivity index (χ3n) is 1.41. The number of esters is 1. The molecule has 2 heteroatoms. The molecule has 0 atom stereocenters. The molecule has 12 heavy (non-hydrogen) atoms. The zero-order valence-corrected chi connectivity index (χ0v) is 7.56. The van der Waals surface area contributed by atoms with Crippen molar-refractivity contribution in [3.05, 3.63) is 6.92 Å². The summed E-state index contributed by atoms with van der Waals surface area (Å²) in [5.74, 6) is 5.70. The van der Waals surface area contributed by atoms with Gasteiger partial charge in [0.1, 0.15) is 0 Å². The molecule has 0 bridgehead atoms. The van der Waals surface area contributed by atoms with E-state index in [9.17, 15) is 4.79 Å². The van der Waals surface area contributed by atoms with Gasteiger partial charge in [0.2, 0.25) is 0 Å².